The third-order valence-electron chi connectivity index (χ3n) is 3.67. The number of carbonyl (C=O) groups excluding carboxylic acids is 1. The number of phenolic OH excluding ortho intramolecular Hbond substituents is 1. The van der Waals surface area contributed by atoms with Gasteiger partial charge in [-0.15, -0.1) is 0 Å². The number of nitrogens with zero attached hydrogens (tertiary/aromatic N) is 2. The summed E-state index contributed by atoms with van der Waals surface area (Å²) in [6.45, 7) is 2.25. The molecule has 2 N–H and O–H groups in total. The molecule has 0 aliphatic carbocycles. The van der Waals surface area contributed by atoms with Crippen LogP contribution in [0.4, 0.5) is 5.69 Å². The summed E-state index contributed by atoms with van der Waals surface area (Å²) in [7, 11) is 0. The first-order chi connectivity index (χ1) is 9.90. The van der Waals surface area contributed by atoms with Crippen LogP contribution in [0.2, 0.25) is 0 Å². The minimum Gasteiger partial charge on any atom is -0.502 e. The average Bonchev–Trinajstić information content (AvgIpc) is 2.85. The van der Waals surface area contributed by atoms with E-state index < -0.39 is 22.5 Å². The van der Waals surface area contributed by atoms with Gasteiger partial charge in [0.1, 0.15) is 0 Å². The molecule has 114 valence electrons. The van der Waals surface area contributed by atoms with Crippen molar-refractivity contribution in [2.45, 2.75) is 38.3 Å². The summed E-state index contributed by atoms with van der Waals surface area (Å²) < 4.78 is 0. The lowest BCUT2D eigenvalue weighted by molar-refractivity contribution is -0.385. The SMILES string of the molecule is CC(O)CC1CCCN1C(=O)c1ccc(O)c([N+](=O)[O-])c1. The molecule has 0 saturated carbocycles. The molecule has 0 bridgehead atoms. The normalized spacial score (nSPS) is 19.5. The molecule has 7 heteroatoms. The maximum Gasteiger partial charge on any atom is 0.311 e. The van der Waals surface area contributed by atoms with Crippen molar-refractivity contribution in [2.75, 3.05) is 6.54 Å². The van der Waals surface area contributed by atoms with Gasteiger partial charge in [0.25, 0.3) is 5.91 Å². The summed E-state index contributed by atoms with van der Waals surface area (Å²) in [6, 6.07) is 3.58. The molecule has 1 amide bonds. The number of hydrogen-bond acceptors (Lipinski definition) is 5. The third-order valence-corrected chi connectivity index (χ3v) is 3.67. The average molecular weight is 294 g/mol. The minimum absolute atomic E-state index is 0.0506. The summed E-state index contributed by atoms with van der Waals surface area (Å²) in [5, 5.41) is 29.7. The highest BCUT2D eigenvalue weighted by molar-refractivity contribution is 5.95. The Kier molecular flexibility index (Phi) is 4.42. The Bertz CT molecular complexity index is 558. The van der Waals surface area contributed by atoms with Gasteiger partial charge in [0.2, 0.25) is 0 Å². The van der Waals surface area contributed by atoms with Crippen LogP contribution in [-0.4, -0.2) is 44.6 Å². The van der Waals surface area contributed by atoms with E-state index in [2.05, 4.69) is 0 Å². The number of nitro groups is 1. The molecular weight excluding hydrogens is 276 g/mol. The molecule has 0 radical (unpaired) electrons. The molecule has 2 atom stereocenters. The Hall–Kier alpha value is -2.15. The number of rotatable bonds is 4. The maximum absolute atomic E-state index is 12.5. The second kappa shape index (κ2) is 6.09. The van der Waals surface area contributed by atoms with Gasteiger partial charge in [-0.1, -0.05) is 0 Å². The van der Waals surface area contributed by atoms with E-state index >= 15 is 0 Å². The summed E-state index contributed by atoms with van der Waals surface area (Å²) in [5.41, 5.74) is -0.302. The van der Waals surface area contributed by atoms with Gasteiger partial charge in [-0.3, -0.25) is 14.9 Å². The van der Waals surface area contributed by atoms with Crippen molar-refractivity contribution < 1.29 is 19.9 Å². The summed E-state index contributed by atoms with van der Waals surface area (Å²) >= 11 is 0. The number of likely N-dealkylation sites (tertiary alicyclic amines) is 1. The minimum atomic E-state index is -0.719. The van der Waals surface area contributed by atoms with Crippen LogP contribution in [0.15, 0.2) is 18.2 Å². The molecule has 1 heterocycles. The molecule has 0 spiro atoms. The Balaban J connectivity index is 2.23. The van der Waals surface area contributed by atoms with E-state index in [9.17, 15) is 25.1 Å². The topological polar surface area (TPSA) is 104 Å². The molecule has 1 aromatic rings. The van der Waals surface area contributed by atoms with Crippen LogP contribution in [0.5, 0.6) is 5.75 Å². The molecule has 2 unspecified atom stereocenters. The van der Waals surface area contributed by atoms with E-state index in [0.717, 1.165) is 25.0 Å². The number of amides is 1. The van der Waals surface area contributed by atoms with Crippen molar-refractivity contribution in [3.8, 4) is 5.75 Å². The van der Waals surface area contributed by atoms with Crippen molar-refractivity contribution in [1.29, 1.82) is 0 Å². The smallest absolute Gasteiger partial charge is 0.311 e. The van der Waals surface area contributed by atoms with E-state index in [-0.39, 0.29) is 17.5 Å². The standard InChI is InChI=1S/C14H18N2O5/c1-9(17)7-11-3-2-6-15(11)14(19)10-4-5-13(18)12(8-10)16(20)21/h4-5,8-9,11,17-18H,2-3,6-7H2,1H3. The summed E-state index contributed by atoms with van der Waals surface area (Å²) in [5.74, 6) is -0.764. The largest absolute Gasteiger partial charge is 0.502 e. The van der Waals surface area contributed by atoms with E-state index in [0.29, 0.717) is 13.0 Å². The first-order valence-corrected chi connectivity index (χ1v) is 6.86. The molecule has 21 heavy (non-hydrogen) atoms. The van der Waals surface area contributed by atoms with Crippen LogP contribution in [-0.2, 0) is 0 Å². The van der Waals surface area contributed by atoms with Crippen LogP contribution < -0.4 is 0 Å². The number of carbonyl (C=O) groups is 1. The van der Waals surface area contributed by atoms with Crippen LogP contribution >= 0.6 is 0 Å². The second-order valence-corrected chi connectivity index (χ2v) is 5.34. The van der Waals surface area contributed by atoms with Crippen LogP contribution in [0, 0.1) is 10.1 Å². The molecule has 0 aromatic heterocycles. The number of hydrogen-bond donors (Lipinski definition) is 2. The second-order valence-electron chi connectivity index (χ2n) is 5.34. The molecule has 1 aromatic carbocycles. The summed E-state index contributed by atoms with van der Waals surface area (Å²) in [6.07, 6.45) is 1.66. The first kappa shape index (κ1) is 15.2. The lowest BCUT2D eigenvalue weighted by Crippen LogP contribution is -2.37. The number of phenols is 1. The predicted molar refractivity (Wildman–Crippen MR) is 75.1 cm³/mol. The van der Waals surface area contributed by atoms with Gasteiger partial charge < -0.3 is 15.1 Å². The molecule has 1 saturated heterocycles. The zero-order valence-corrected chi connectivity index (χ0v) is 11.7. The van der Waals surface area contributed by atoms with Crippen molar-refractivity contribution in [3.05, 3.63) is 33.9 Å². The molecule has 1 aliphatic rings. The molecule has 1 fully saturated rings. The predicted octanol–water partition coefficient (Wildman–Crippen LogP) is 1.68. The Morgan fingerprint density at radius 1 is 1.57 bits per heavy atom. The van der Waals surface area contributed by atoms with E-state index in [1.54, 1.807) is 11.8 Å². The molecule has 1 aliphatic heterocycles. The number of nitro benzene ring substituents is 1. The number of aromatic hydroxyl groups is 1. The number of aliphatic hydroxyl groups is 1. The first-order valence-electron chi connectivity index (χ1n) is 6.86. The molecule has 2 rings (SSSR count). The van der Waals surface area contributed by atoms with Crippen molar-refractivity contribution >= 4 is 11.6 Å². The maximum atomic E-state index is 12.5. The van der Waals surface area contributed by atoms with Crippen LogP contribution in [0.3, 0.4) is 0 Å². The number of aliphatic hydroxyl groups excluding tert-OH is 1. The molecule has 7 nitrogen and oxygen atoms in total. The third kappa shape index (κ3) is 3.30. The fourth-order valence-electron chi connectivity index (χ4n) is 2.71. The zero-order valence-electron chi connectivity index (χ0n) is 11.7. The lowest BCUT2D eigenvalue weighted by Gasteiger charge is -2.25. The zero-order chi connectivity index (χ0) is 15.6. The van der Waals surface area contributed by atoms with Crippen LogP contribution in [0.25, 0.3) is 0 Å². The fraction of sp³-hybridized carbons (Fsp3) is 0.500. The highest BCUT2D eigenvalue weighted by Gasteiger charge is 2.31. The van der Waals surface area contributed by atoms with Gasteiger partial charge in [0, 0.05) is 24.2 Å². The van der Waals surface area contributed by atoms with Crippen molar-refractivity contribution in [3.63, 3.8) is 0 Å². The van der Waals surface area contributed by atoms with E-state index in [1.165, 1.54) is 6.07 Å². The molecular formula is C14H18N2O5. The van der Waals surface area contributed by atoms with E-state index in [4.69, 9.17) is 0 Å². The fourth-order valence-corrected chi connectivity index (χ4v) is 2.71. The van der Waals surface area contributed by atoms with Gasteiger partial charge in [0.15, 0.2) is 5.75 Å². The lowest BCUT2D eigenvalue weighted by atomic mass is 10.1. The van der Waals surface area contributed by atoms with Gasteiger partial charge in [-0.05, 0) is 38.3 Å². The van der Waals surface area contributed by atoms with Gasteiger partial charge >= 0.3 is 5.69 Å². The van der Waals surface area contributed by atoms with Crippen LogP contribution in [0.1, 0.15) is 36.5 Å². The van der Waals surface area contributed by atoms with E-state index in [1.807, 2.05) is 0 Å². The quantitative estimate of drug-likeness (QED) is 0.649. The Morgan fingerprint density at radius 2 is 2.29 bits per heavy atom. The Morgan fingerprint density at radius 3 is 2.90 bits per heavy atom. The van der Waals surface area contributed by atoms with Gasteiger partial charge in [-0.25, -0.2) is 0 Å². The van der Waals surface area contributed by atoms with Crippen molar-refractivity contribution in [1.82, 2.24) is 4.90 Å². The van der Waals surface area contributed by atoms with Gasteiger partial charge in [-0.2, -0.15) is 0 Å². The monoisotopic (exact) mass is 294 g/mol. The highest BCUT2D eigenvalue weighted by atomic mass is 16.6. The number of benzene rings is 1. The van der Waals surface area contributed by atoms with Crippen molar-refractivity contribution in [2.24, 2.45) is 0 Å². The van der Waals surface area contributed by atoms with Gasteiger partial charge in [0.05, 0.1) is 11.0 Å². The summed E-state index contributed by atoms with van der Waals surface area (Å²) in [4.78, 5) is 24.2. The highest BCUT2D eigenvalue weighted by Crippen LogP contribution is 2.29. The Labute approximate surface area is 122 Å².